The van der Waals surface area contributed by atoms with Crippen molar-refractivity contribution < 1.29 is 80.2 Å². The molecule has 0 aliphatic heterocycles. The third kappa shape index (κ3) is 68.6. The van der Waals surface area contributed by atoms with Crippen LogP contribution in [0.3, 0.4) is 0 Å². The van der Waals surface area contributed by atoms with E-state index in [0.29, 0.717) is 31.6 Å². The number of unbranched alkanes of at least 4 members (excludes halogenated alkanes) is 38. The van der Waals surface area contributed by atoms with Crippen molar-refractivity contribution in [1.82, 2.24) is 0 Å². The summed E-state index contributed by atoms with van der Waals surface area (Å²) in [5.74, 6) is 0.901. The molecule has 0 bridgehead atoms. The SMILES string of the molecule is CC(C)CCCCCCCCCCCCCCCCC(=O)O[C@H](COC(=O)CCCCCCCCCCCCCC(C)C)COP(=O)(O)OCC(O)COP(=O)(O)OC[C@@H](COC(=O)CCCCCCCCCC(C)C)OC(=O)CCCCCCCCCCCCC(C)C. The van der Waals surface area contributed by atoms with Crippen molar-refractivity contribution in [2.75, 3.05) is 39.6 Å². The molecule has 0 amide bonds. The van der Waals surface area contributed by atoms with Crippen LogP contribution < -0.4 is 0 Å². The topological polar surface area (TPSA) is 237 Å². The Morgan fingerprint density at radius 1 is 0.266 bits per heavy atom. The van der Waals surface area contributed by atoms with Crippen molar-refractivity contribution >= 4 is 39.5 Å². The second kappa shape index (κ2) is 64.4. The van der Waals surface area contributed by atoms with Crippen LogP contribution in [0, 0.1) is 23.7 Å². The fourth-order valence-electron chi connectivity index (χ4n) is 11.4. The molecule has 558 valence electrons. The van der Waals surface area contributed by atoms with Gasteiger partial charge in [-0.2, -0.15) is 0 Å². The van der Waals surface area contributed by atoms with Crippen LogP contribution in [0.1, 0.15) is 376 Å². The predicted molar refractivity (Wildman–Crippen MR) is 381 cm³/mol. The average molecular weight is 1380 g/mol. The first-order valence-corrected chi connectivity index (χ1v) is 41.7. The highest BCUT2D eigenvalue weighted by atomic mass is 31.2. The predicted octanol–water partition coefficient (Wildman–Crippen LogP) is 21.7. The summed E-state index contributed by atoms with van der Waals surface area (Å²) in [6.45, 7) is 14.2. The Morgan fingerprint density at radius 3 is 0.660 bits per heavy atom. The van der Waals surface area contributed by atoms with E-state index in [1.807, 2.05) is 0 Å². The van der Waals surface area contributed by atoms with Crippen LogP contribution in [0.4, 0.5) is 0 Å². The van der Waals surface area contributed by atoms with E-state index in [1.54, 1.807) is 0 Å². The smallest absolute Gasteiger partial charge is 0.462 e. The van der Waals surface area contributed by atoms with Gasteiger partial charge in [-0.05, 0) is 49.4 Å². The summed E-state index contributed by atoms with van der Waals surface area (Å²) in [5, 5.41) is 10.6. The Balaban J connectivity index is 5.26. The van der Waals surface area contributed by atoms with E-state index in [1.165, 1.54) is 173 Å². The van der Waals surface area contributed by atoms with Gasteiger partial charge in [0.05, 0.1) is 26.4 Å². The minimum atomic E-state index is -4.96. The van der Waals surface area contributed by atoms with Gasteiger partial charge in [-0.15, -0.1) is 0 Å². The van der Waals surface area contributed by atoms with Crippen molar-refractivity contribution in [1.29, 1.82) is 0 Å². The summed E-state index contributed by atoms with van der Waals surface area (Å²) in [4.78, 5) is 72.8. The van der Waals surface area contributed by atoms with Gasteiger partial charge in [0.25, 0.3) is 0 Å². The van der Waals surface area contributed by atoms with Crippen LogP contribution in [-0.4, -0.2) is 96.7 Å². The summed E-state index contributed by atoms with van der Waals surface area (Å²) in [7, 11) is -9.91. The molecule has 0 radical (unpaired) electrons. The number of ether oxygens (including phenoxy) is 4. The number of aliphatic hydroxyl groups is 1. The lowest BCUT2D eigenvalue weighted by molar-refractivity contribution is -0.161. The number of hydrogen-bond acceptors (Lipinski definition) is 15. The molecule has 0 aromatic carbocycles. The standard InChI is InChI=1S/C75H146O17P2/c1-65(2)51-43-35-27-20-14-11-9-10-12-16-24-32-41-49-57-74(79)91-70(61-85-72(77)55-47-39-31-23-17-13-15-21-28-36-44-52-66(3)4)63-89-93(81,82)87-59-69(76)60-88-94(83,84)90-64-71(62-86-73(78)56-48-40-34-26-30-38-46-54-68(7)8)92-75(80)58-50-42-33-25-19-18-22-29-37-45-53-67(5)6/h65-71,76H,9-64H2,1-8H3,(H,81,82)(H,83,84)/t69?,70-,71-/m1/s1. The van der Waals surface area contributed by atoms with Gasteiger partial charge in [0.1, 0.15) is 19.3 Å². The number of carbonyl (C=O) groups is 4. The molecule has 0 saturated carbocycles. The summed E-state index contributed by atoms with van der Waals surface area (Å²) < 4.78 is 68.5. The second-order valence-electron chi connectivity index (χ2n) is 28.9. The van der Waals surface area contributed by atoms with E-state index < -0.39 is 97.5 Å². The number of esters is 4. The van der Waals surface area contributed by atoms with Gasteiger partial charge in [0.2, 0.25) is 0 Å². The molecule has 0 aromatic heterocycles. The highest BCUT2D eigenvalue weighted by Gasteiger charge is 2.30. The number of rotatable bonds is 72. The van der Waals surface area contributed by atoms with Crippen molar-refractivity contribution in [3.8, 4) is 0 Å². The maximum Gasteiger partial charge on any atom is 0.472 e. The Hall–Kier alpha value is -1.94. The summed E-state index contributed by atoms with van der Waals surface area (Å²) in [5.41, 5.74) is 0. The Morgan fingerprint density at radius 2 is 0.447 bits per heavy atom. The number of hydrogen-bond donors (Lipinski definition) is 3. The van der Waals surface area contributed by atoms with Gasteiger partial charge in [-0.1, -0.05) is 325 Å². The van der Waals surface area contributed by atoms with Crippen LogP contribution in [0.25, 0.3) is 0 Å². The van der Waals surface area contributed by atoms with Gasteiger partial charge in [0, 0.05) is 25.7 Å². The van der Waals surface area contributed by atoms with Crippen molar-refractivity contribution in [2.24, 2.45) is 23.7 Å². The van der Waals surface area contributed by atoms with Crippen LogP contribution >= 0.6 is 15.6 Å². The Bertz CT molecular complexity index is 1850. The van der Waals surface area contributed by atoms with Gasteiger partial charge in [-0.3, -0.25) is 37.3 Å². The van der Waals surface area contributed by atoms with Crippen molar-refractivity contribution in [2.45, 2.75) is 395 Å². The zero-order chi connectivity index (χ0) is 69.6. The van der Waals surface area contributed by atoms with E-state index >= 15 is 0 Å². The fourth-order valence-corrected chi connectivity index (χ4v) is 13.0. The van der Waals surface area contributed by atoms with Crippen molar-refractivity contribution in [3.05, 3.63) is 0 Å². The number of phosphoric acid groups is 2. The minimum Gasteiger partial charge on any atom is -0.462 e. The summed E-state index contributed by atoms with van der Waals surface area (Å²) >= 11 is 0. The second-order valence-corrected chi connectivity index (χ2v) is 31.9. The van der Waals surface area contributed by atoms with E-state index in [-0.39, 0.29) is 25.7 Å². The highest BCUT2D eigenvalue weighted by Crippen LogP contribution is 2.45. The number of aliphatic hydroxyl groups excluding tert-OH is 1. The third-order valence-electron chi connectivity index (χ3n) is 17.3. The van der Waals surface area contributed by atoms with Gasteiger partial charge < -0.3 is 33.8 Å². The molecule has 19 heteroatoms. The van der Waals surface area contributed by atoms with Crippen LogP contribution in [0.15, 0.2) is 0 Å². The first kappa shape index (κ1) is 92.1. The highest BCUT2D eigenvalue weighted by molar-refractivity contribution is 7.47. The van der Waals surface area contributed by atoms with Gasteiger partial charge >= 0.3 is 39.5 Å². The molecular formula is C75H146O17P2. The molecular weight excluding hydrogens is 1230 g/mol. The van der Waals surface area contributed by atoms with Crippen LogP contribution in [0.2, 0.25) is 0 Å². The molecule has 3 N–H and O–H groups in total. The zero-order valence-corrected chi connectivity index (χ0v) is 63.4. The minimum absolute atomic E-state index is 0.105. The molecule has 5 atom stereocenters. The maximum absolute atomic E-state index is 13.1. The maximum atomic E-state index is 13.1. The first-order valence-electron chi connectivity index (χ1n) is 38.7. The molecule has 0 aromatic rings. The lowest BCUT2D eigenvalue weighted by Gasteiger charge is -2.21. The Labute approximate surface area is 575 Å². The molecule has 3 unspecified atom stereocenters. The van der Waals surface area contributed by atoms with E-state index in [2.05, 4.69) is 55.4 Å². The summed E-state index contributed by atoms with van der Waals surface area (Å²) in [6.07, 6.45) is 48.6. The van der Waals surface area contributed by atoms with E-state index in [9.17, 15) is 43.2 Å². The van der Waals surface area contributed by atoms with Gasteiger partial charge in [0.15, 0.2) is 12.2 Å². The molecule has 94 heavy (non-hydrogen) atoms. The van der Waals surface area contributed by atoms with Gasteiger partial charge in [-0.25, -0.2) is 9.13 Å². The lowest BCUT2D eigenvalue weighted by Crippen LogP contribution is -2.30. The monoisotopic (exact) mass is 1380 g/mol. The molecule has 0 aliphatic rings. The summed E-state index contributed by atoms with van der Waals surface area (Å²) in [6, 6.07) is 0. The average Bonchev–Trinajstić information content (AvgIpc) is 1.76. The molecule has 17 nitrogen and oxygen atoms in total. The van der Waals surface area contributed by atoms with Crippen molar-refractivity contribution in [3.63, 3.8) is 0 Å². The zero-order valence-electron chi connectivity index (χ0n) is 61.6. The van der Waals surface area contributed by atoms with E-state index in [0.717, 1.165) is 114 Å². The largest absolute Gasteiger partial charge is 0.472 e. The lowest BCUT2D eigenvalue weighted by atomic mass is 10.0. The Kier molecular flexibility index (Phi) is 63.1. The molecule has 0 rings (SSSR count). The third-order valence-corrected chi connectivity index (χ3v) is 19.2. The molecule has 0 heterocycles. The fraction of sp³-hybridized carbons (Fsp3) is 0.947. The number of phosphoric ester groups is 2. The van der Waals surface area contributed by atoms with Crippen LogP contribution in [-0.2, 0) is 65.4 Å². The van der Waals surface area contributed by atoms with E-state index in [4.69, 9.17) is 37.0 Å². The number of carbonyl (C=O) groups excluding carboxylic acids is 4. The molecule has 0 fully saturated rings. The normalized spacial score (nSPS) is 14.2. The first-order chi connectivity index (χ1) is 45.1. The quantitative estimate of drug-likeness (QED) is 0.0222. The molecule has 0 spiro atoms. The molecule has 0 saturated heterocycles. The van der Waals surface area contributed by atoms with Crippen LogP contribution in [0.5, 0.6) is 0 Å². The molecule has 0 aliphatic carbocycles.